The maximum Gasteiger partial charge on any atom is 0.310 e. The van der Waals surface area contributed by atoms with Crippen molar-refractivity contribution in [3.8, 4) is 0 Å². The van der Waals surface area contributed by atoms with E-state index in [9.17, 15) is 8.42 Å². The zero-order chi connectivity index (χ0) is 6.50. The van der Waals surface area contributed by atoms with E-state index in [-0.39, 0.29) is 0 Å². The molecule has 0 heterocycles. The van der Waals surface area contributed by atoms with Crippen LogP contribution in [-0.2, 0) is 14.7 Å². The van der Waals surface area contributed by atoms with E-state index >= 15 is 0 Å². The molecule has 0 spiro atoms. The molecule has 0 saturated heterocycles. The molecule has 0 aromatic heterocycles. The molecule has 0 aliphatic carbocycles. The van der Waals surface area contributed by atoms with Gasteiger partial charge < -0.3 is 0 Å². The molecule has 1 unspecified atom stereocenters. The molecule has 0 aliphatic heterocycles. The van der Waals surface area contributed by atoms with Crippen molar-refractivity contribution >= 4 is 19.2 Å². The lowest BCUT2D eigenvalue weighted by Crippen LogP contribution is -1.88. The summed E-state index contributed by atoms with van der Waals surface area (Å²) in [6.45, 7) is 0. The minimum Gasteiger partial charge on any atom is -0.286 e. The Kier molecular flexibility index (Phi) is 6.02. The average Bonchev–Trinajstić information content (AvgIpc) is 1.36. The summed E-state index contributed by atoms with van der Waals surface area (Å²) in [5.74, 6) is 0. The summed E-state index contributed by atoms with van der Waals surface area (Å²) in [6, 6.07) is 0. The molecular weight excluding hydrogens is 139 g/mol. The summed E-state index contributed by atoms with van der Waals surface area (Å²) in [7, 11) is -2.50. The summed E-state index contributed by atoms with van der Waals surface area (Å²) >= 11 is 0. The molecule has 0 aromatic rings. The number of rotatable bonds is 0. The monoisotopic (exact) mass is 145 g/mol. The molecule has 0 aromatic carbocycles. The van der Waals surface area contributed by atoms with Gasteiger partial charge >= 0.3 is 9.12 Å². The van der Waals surface area contributed by atoms with E-state index < -0.39 is 10.1 Å². The molecule has 7 heavy (non-hydrogen) atoms. The summed E-state index contributed by atoms with van der Waals surface area (Å²) in [4.78, 5) is 0. The highest BCUT2D eigenvalue weighted by Gasteiger charge is 1.81. The Bertz CT molecular complexity index is 106. The van der Waals surface area contributed by atoms with Crippen LogP contribution in [0.4, 0.5) is 0 Å². The van der Waals surface area contributed by atoms with Crippen molar-refractivity contribution in [3.05, 3.63) is 0 Å². The van der Waals surface area contributed by atoms with Crippen molar-refractivity contribution in [1.82, 2.24) is 0 Å². The van der Waals surface area contributed by atoms with Gasteiger partial charge in [0.05, 0.1) is 6.26 Å². The van der Waals surface area contributed by atoms with Gasteiger partial charge in [-0.1, -0.05) is 4.57 Å². The fourth-order valence-electron chi connectivity index (χ4n) is 0. The molecule has 4 nitrogen and oxygen atoms in total. The highest BCUT2D eigenvalue weighted by atomic mass is 32.2. The van der Waals surface area contributed by atoms with Crippen molar-refractivity contribution in [2.75, 3.05) is 6.26 Å². The molecule has 44 valence electrons. The first-order valence-corrected chi connectivity index (χ1v) is 3.48. The van der Waals surface area contributed by atoms with Crippen LogP contribution in [0.2, 0.25) is 0 Å². The van der Waals surface area contributed by atoms with Gasteiger partial charge in [-0.05, 0) is 0 Å². The quantitative estimate of drug-likeness (QED) is 0.375. The molecule has 0 fully saturated rings. The van der Waals surface area contributed by atoms with Crippen LogP contribution in [0, 0.1) is 0 Å². The molecule has 0 radical (unpaired) electrons. The number of hydrogen-bond acceptors (Lipinski definition) is 3. The molecular formula is CH6O4PS+. The van der Waals surface area contributed by atoms with Gasteiger partial charge in [-0.2, -0.15) is 8.42 Å². The summed E-state index contributed by atoms with van der Waals surface area (Å²) < 4.78 is 34.0. The fourth-order valence-corrected chi connectivity index (χ4v) is 0. The van der Waals surface area contributed by atoms with Crippen molar-refractivity contribution in [1.29, 1.82) is 0 Å². The standard InChI is InChI=1S/CH4O3S.H2OP/c1-5(2,3)4;1-2/h1H3,(H,2,3,4);2H2/q;+1. The third kappa shape index (κ3) is 966000. The second kappa shape index (κ2) is 4.18. The Hall–Kier alpha value is 0.01000. The van der Waals surface area contributed by atoms with Crippen molar-refractivity contribution in [3.63, 3.8) is 0 Å². The molecule has 6 heteroatoms. The molecule has 1 N–H and O–H groups in total. The first-order chi connectivity index (χ1) is 3.00. The Morgan fingerprint density at radius 2 is 1.43 bits per heavy atom. The van der Waals surface area contributed by atoms with Crippen molar-refractivity contribution < 1.29 is 17.5 Å². The van der Waals surface area contributed by atoms with Crippen molar-refractivity contribution in [2.24, 2.45) is 0 Å². The molecule has 0 saturated carbocycles. The maximum absolute atomic E-state index is 9.19. The lowest BCUT2D eigenvalue weighted by Gasteiger charge is -1.69. The molecule has 0 rings (SSSR count). The minimum atomic E-state index is -3.67. The van der Waals surface area contributed by atoms with Gasteiger partial charge in [0.15, 0.2) is 0 Å². The van der Waals surface area contributed by atoms with Crippen LogP contribution in [-0.4, -0.2) is 19.2 Å². The highest BCUT2D eigenvalue weighted by Crippen LogP contribution is 1.60. The van der Waals surface area contributed by atoms with Crippen LogP contribution in [0.25, 0.3) is 0 Å². The summed E-state index contributed by atoms with van der Waals surface area (Å²) in [5, 5.41) is 0. The van der Waals surface area contributed by atoms with E-state index in [1.165, 1.54) is 9.12 Å². The first-order valence-electron chi connectivity index (χ1n) is 1.16. The Labute approximate surface area is 43.9 Å². The van der Waals surface area contributed by atoms with Gasteiger partial charge in [0.2, 0.25) is 0 Å². The van der Waals surface area contributed by atoms with Crippen molar-refractivity contribution in [2.45, 2.75) is 0 Å². The van der Waals surface area contributed by atoms with Crippen LogP contribution in [0.1, 0.15) is 0 Å². The Balaban J connectivity index is 0. The third-order valence-electron chi connectivity index (χ3n) is 0. The Morgan fingerprint density at radius 3 is 1.43 bits per heavy atom. The summed E-state index contributed by atoms with van der Waals surface area (Å²) in [5.41, 5.74) is 0. The predicted molar refractivity (Wildman–Crippen MR) is 27.9 cm³/mol. The summed E-state index contributed by atoms with van der Waals surface area (Å²) in [6.07, 6.45) is 0.715. The molecule has 1 atom stereocenters. The zero-order valence-electron chi connectivity index (χ0n) is 3.66. The Morgan fingerprint density at radius 1 is 1.43 bits per heavy atom. The van der Waals surface area contributed by atoms with Gasteiger partial charge in [-0.15, -0.1) is 0 Å². The third-order valence-corrected chi connectivity index (χ3v) is 0. The van der Waals surface area contributed by atoms with Crippen LogP contribution in [0.5, 0.6) is 0 Å². The van der Waals surface area contributed by atoms with Crippen LogP contribution in [0.3, 0.4) is 0 Å². The van der Waals surface area contributed by atoms with E-state index in [1.54, 1.807) is 0 Å². The second-order valence-electron chi connectivity index (χ2n) is 0.733. The largest absolute Gasteiger partial charge is 0.310 e. The second-order valence-corrected chi connectivity index (χ2v) is 2.20. The fraction of sp³-hybridized carbons (Fsp3) is 1.00. The van der Waals surface area contributed by atoms with Crippen LogP contribution < -0.4 is 0 Å². The van der Waals surface area contributed by atoms with Gasteiger partial charge in [0.1, 0.15) is 0 Å². The lowest BCUT2D eigenvalue weighted by atomic mass is 12.0. The normalized spacial score (nSPS) is 8.86. The van der Waals surface area contributed by atoms with E-state index in [0.29, 0.717) is 6.26 Å². The topological polar surface area (TPSA) is 71.4 Å². The van der Waals surface area contributed by atoms with E-state index in [4.69, 9.17) is 9.12 Å². The molecule has 0 aliphatic rings. The van der Waals surface area contributed by atoms with Gasteiger partial charge in [-0.25, -0.2) is 0 Å². The van der Waals surface area contributed by atoms with Crippen LogP contribution >= 0.6 is 9.12 Å². The van der Waals surface area contributed by atoms with Gasteiger partial charge in [0, 0.05) is 0 Å². The smallest absolute Gasteiger partial charge is 0.286 e. The molecule has 0 amide bonds. The maximum atomic E-state index is 9.19. The van der Waals surface area contributed by atoms with Crippen LogP contribution in [0.15, 0.2) is 0 Å². The average molecular weight is 145 g/mol. The van der Waals surface area contributed by atoms with E-state index in [0.717, 1.165) is 0 Å². The minimum absolute atomic E-state index is 0.715. The van der Waals surface area contributed by atoms with E-state index in [2.05, 4.69) is 0 Å². The first kappa shape index (κ1) is 10.1. The highest BCUT2D eigenvalue weighted by molar-refractivity contribution is 7.85. The van der Waals surface area contributed by atoms with E-state index in [1.807, 2.05) is 0 Å². The predicted octanol–water partition coefficient (Wildman–Crippen LogP) is -0.289. The number of hydrogen-bond donors (Lipinski definition) is 1. The van der Waals surface area contributed by atoms with Gasteiger partial charge in [0.25, 0.3) is 10.1 Å². The zero-order valence-corrected chi connectivity index (χ0v) is 5.63. The van der Waals surface area contributed by atoms with Gasteiger partial charge in [-0.3, -0.25) is 4.55 Å². The lowest BCUT2D eigenvalue weighted by molar-refractivity contribution is 0.490. The SMILES string of the molecule is CS(=O)(=O)O.O=[PH2+]. The molecule has 0 bridgehead atoms.